The molecule has 2 aliphatic heterocycles. The van der Waals surface area contributed by atoms with Crippen LogP contribution in [0.2, 0.25) is 0 Å². The Bertz CT molecular complexity index is 560. The van der Waals surface area contributed by atoms with Crippen molar-refractivity contribution in [3.05, 3.63) is 16.3 Å². The normalized spacial score (nSPS) is 29.4. The molecule has 4 N–H and O–H groups in total. The average molecular weight is 313 g/mol. The van der Waals surface area contributed by atoms with Gasteiger partial charge < -0.3 is 15.6 Å². The third-order valence-corrected chi connectivity index (χ3v) is 5.76. The van der Waals surface area contributed by atoms with Gasteiger partial charge in [-0.25, -0.2) is 9.79 Å². The summed E-state index contributed by atoms with van der Waals surface area (Å²) in [4.78, 5) is 16.6. The first kappa shape index (κ1) is 13.7. The highest BCUT2D eigenvalue weighted by Gasteiger charge is 2.46. The van der Waals surface area contributed by atoms with E-state index in [1.165, 1.54) is 11.8 Å². The number of amidine groups is 1. The summed E-state index contributed by atoms with van der Waals surface area (Å²) in [5, 5.41) is 13.6. The minimum absolute atomic E-state index is 0.249. The number of hydrogen-bond acceptors (Lipinski definition) is 6. The Morgan fingerprint density at radius 3 is 3.20 bits per heavy atom. The molecular formula is C12H15N3O3S2. The Morgan fingerprint density at radius 1 is 1.65 bits per heavy atom. The van der Waals surface area contributed by atoms with E-state index in [-0.39, 0.29) is 5.92 Å². The lowest BCUT2D eigenvalue weighted by atomic mass is 9.80. The number of carbonyl (C=O) groups is 1. The lowest BCUT2D eigenvalue weighted by molar-refractivity contribution is 0.0113. The van der Waals surface area contributed by atoms with E-state index < -0.39 is 11.6 Å². The number of nitrogens with one attached hydrogen (secondary N) is 1. The van der Waals surface area contributed by atoms with E-state index in [1.54, 1.807) is 11.3 Å². The highest BCUT2D eigenvalue weighted by atomic mass is 32.2. The van der Waals surface area contributed by atoms with Gasteiger partial charge in [0.2, 0.25) is 0 Å². The molecule has 1 amide bonds. The molecule has 2 atom stereocenters. The fraction of sp³-hybridized carbons (Fsp3) is 0.500. The molecule has 6 nitrogen and oxygen atoms in total. The number of hydrogen-bond donors (Lipinski definition) is 3. The molecule has 1 aromatic rings. The molecule has 0 bridgehead atoms. The first-order chi connectivity index (χ1) is 9.60. The number of anilines is 1. The first-order valence-electron chi connectivity index (χ1n) is 6.25. The summed E-state index contributed by atoms with van der Waals surface area (Å²) >= 11 is 3.01. The molecule has 3 heterocycles. The standard InChI is InChI=1S/C12H15N3O3S2/c13-8-3-9(19-6-8)12-1-2-18-4-7(12)5-20-10(15-12)14-11(16)17/h3,6-7H,1-2,4-5,13H2,(H,14,15)(H,16,17)/t7-,12+/m0/s1. The van der Waals surface area contributed by atoms with E-state index in [1.807, 2.05) is 11.4 Å². The van der Waals surface area contributed by atoms with E-state index in [2.05, 4.69) is 5.32 Å². The summed E-state index contributed by atoms with van der Waals surface area (Å²) in [5.74, 6) is 1.04. The number of thiophene rings is 1. The summed E-state index contributed by atoms with van der Waals surface area (Å²) in [7, 11) is 0. The van der Waals surface area contributed by atoms with E-state index >= 15 is 0 Å². The number of carboxylic acid groups (broad SMARTS) is 1. The van der Waals surface area contributed by atoms with Crippen molar-refractivity contribution in [3.8, 4) is 0 Å². The van der Waals surface area contributed by atoms with Gasteiger partial charge in [0, 0.05) is 40.6 Å². The predicted octanol–water partition coefficient (Wildman–Crippen LogP) is 1.93. The summed E-state index contributed by atoms with van der Waals surface area (Å²) in [6, 6.07) is 1.95. The molecule has 0 spiro atoms. The van der Waals surface area contributed by atoms with Crippen LogP contribution in [0.1, 0.15) is 11.3 Å². The van der Waals surface area contributed by atoms with Crippen molar-refractivity contribution in [2.45, 2.75) is 12.0 Å². The van der Waals surface area contributed by atoms with E-state index in [0.717, 1.165) is 22.7 Å². The second-order valence-corrected chi connectivity index (χ2v) is 6.77. The molecular weight excluding hydrogens is 298 g/mol. The summed E-state index contributed by atoms with van der Waals surface area (Å²) in [6.45, 7) is 1.28. The third-order valence-electron chi connectivity index (χ3n) is 3.60. The van der Waals surface area contributed by atoms with Crippen LogP contribution in [0.5, 0.6) is 0 Å². The molecule has 0 aromatic carbocycles. The molecule has 108 valence electrons. The molecule has 0 saturated carbocycles. The quantitative estimate of drug-likeness (QED) is 0.736. The van der Waals surface area contributed by atoms with Crippen LogP contribution in [0, 0.1) is 5.92 Å². The molecule has 0 unspecified atom stereocenters. The third kappa shape index (κ3) is 2.38. The number of nitrogens with zero attached hydrogens (tertiary/aromatic N) is 1. The minimum Gasteiger partial charge on any atom is -0.465 e. The van der Waals surface area contributed by atoms with Crippen molar-refractivity contribution in [2.75, 3.05) is 24.7 Å². The molecule has 0 aliphatic carbocycles. The van der Waals surface area contributed by atoms with E-state index in [9.17, 15) is 4.79 Å². The lowest BCUT2D eigenvalue weighted by Gasteiger charge is -2.43. The van der Waals surface area contributed by atoms with Crippen molar-refractivity contribution < 1.29 is 14.6 Å². The Labute approximate surface area is 124 Å². The first-order valence-corrected chi connectivity index (χ1v) is 8.11. The topological polar surface area (TPSA) is 96.9 Å². The minimum atomic E-state index is -1.08. The number of thioether (sulfide) groups is 1. The highest BCUT2D eigenvalue weighted by molar-refractivity contribution is 8.13. The molecule has 2 aliphatic rings. The second kappa shape index (κ2) is 5.27. The predicted molar refractivity (Wildman–Crippen MR) is 80.4 cm³/mol. The van der Waals surface area contributed by atoms with Crippen LogP contribution < -0.4 is 11.1 Å². The van der Waals surface area contributed by atoms with Gasteiger partial charge in [-0.2, -0.15) is 0 Å². The number of ether oxygens (including phenoxy) is 1. The maximum absolute atomic E-state index is 10.8. The number of fused-ring (bicyclic) bond motifs is 1. The number of amides is 1. The zero-order chi connectivity index (χ0) is 14.2. The average Bonchev–Trinajstić information content (AvgIpc) is 2.85. The van der Waals surface area contributed by atoms with Crippen LogP contribution in [0.25, 0.3) is 0 Å². The molecule has 8 heteroatoms. The molecule has 1 fully saturated rings. The van der Waals surface area contributed by atoms with Gasteiger partial charge in [0.15, 0.2) is 5.17 Å². The maximum Gasteiger partial charge on any atom is 0.410 e. The van der Waals surface area contributed by atoms with Crippen LogP contribution in [-0.4, -0.2) is 35.3 Å². The van der Waals surface area contributed by atoms with Crippen molar-refractivity contribution in [3.63, 3.8) is 0 Å². The Morgan fingerprint density at radius 2 is 2.50 bits per heavy atom. The van der Waals surface area contributed by atoms with Crippen molar-refractivity contribution >= 4 is 40.0 Å². The van der Waals surface area contributed by atoms with E-state index in [4.69, 9.17) is 20.6 Å². The van der Waals surface area contributed by atoms with Gasteiger partial charge in [0.25, 0.3) is 0 Å². The van der Waals surface area contributed by atoms with Crippen LogP contribution in [0.4, 0.5) is 10.5 Å². The Balaban J connectivity index is 2.01. The van der Waals surface area contributed by atoms with Crippen LogP contribution >= 0.6 is 23.1 Å². The SMILES string of the molecule is Nc1csc([C@@]23CCOC[C@H]2CSC(NC(=O)O)=N3)c1. The zero-order valence-corrected chi connectivity index (χ0v) is 12.3. The second-order valence-electron chi connectivity index (χ2n) is 4.85. The summed E-state index contributed by atoms with van der Waals surface area (Å²) in [6.07, 6.45) is -0.328. The van der Waals surface area contributed by atoms with Gasteiger partial charge in [-0.3, -0.25) is 5.32 Å². The Hall–Kier alpha value is -1.25. The molecule has 0 radical (unpaired) electrons. The van der Waals surface area contributed by atoms with Crippen LogP contribution in [0.3, 0.4) is 0 Å². The van der Waals surface area contributed by atoms with Crippen LogP contribution in [-0.2, 0) is 10.3 Å². The molecule has 1 aromatic heterocycles. The molecule has 20 heavy (non-hydrogen) atoms. The number of aliphatic imine (C=N–C) groups is 1. The summed E-state index contributed by atoms with van der Waals surface area (Å²) in [5.41, 5.74) is 6.16. The number of rotatable bonds is 1. The fourth-order valence-electron chi connectivity index (χ4n) is 2.63. The van der Waals surface area contributed by atoms with Gasteiger partial charge in [-0.1, -0.05) is 11.8 Å². The number of nitrogens with two attached hydrogens (primary N) is 1. The largest absolute Gasteiger partial charge is 0.465 e. The maximum atomic E-state index is 10.8. The van der Waals surface area contributed by atoms with Gasteiger partial charge in [0.05, 0.1) is 6.61 Å². The van der Waals surface area contributed by atoms with Crippen molar-refractivity contribution in [1.82, 2.24) is 5.32 Å². The van der Waals surface area contributed by atoms with Crippen molar-refractivity contribution in [2.24, 2.45) is 10.9 Å². The molecule has 1 saturated heterocycles. The highest BCUT2D eigenvalue weighted by Crippen LogP contribution is 2.47. The monoisotopic (exact) mass is 313 g/mol. The van der Waals surface area contributed by atoms with Crippen LogP contribution in [0.15, 0.2) is 16.4 Å². The van der Waals surface area contributed by atoms with Gasteiger partial charge in [0.1, 0.15) is 5.54 Å². The smallest absolute Gasteiger partial charge is 0.410 e. The zero-order valence-electron chi connectivity index (χ0n) is 10.7. The van der Waals surface area contributed by atoms with E-state index in [0.29, 0.717) is 18.4 Å². The fourth-order valence-corrected chi connectivity index (χ4v) is 4.81. The lowest BCUT2D eigenvalue weighted by Crippen LogP contribution is -2.47. The Kier molecular flexibility index (Phi) is 3.61. The van der Waals surface area contributed by atoms with Gasteiger partial charge in [-0.05, 0) is 6.07 Å². The molecule has 3 rings (SSSR count). The number of nitrogen functional groups attached to an aromatic ring is 1. The summed E-state index contributed by atoms with van der Waals surface area (Å²) < 4.78 is 5.56. The van der Waals surface area contributed by atoms with Crippen molar-refractivity contribution in [1.29, 1.82) is 0 Å². The van der Waals surface area contributed by atoms with Gasteiger partial charge in [-0.15, -0.1) is 11.3 Å². The van der Waals surface area contributed by atoms with Gasteiger partial charge >= 0.3 is 6.09 Å².